The molecule has 2 nitrogen and oxygen atoms in total. The summed E-state index contributed by atoms with van der Waals surface area (Å²) in [5.41, 5.74) is 1.46. The van der Waals surface area contributed by atoms with Gasteiger partial charge in [-0.05, 0) is 43.8 Å². The summed E-state index contributed by atoms with van der Waals surface area (Å²) in [7, 11) is 0. The summed E-state index contributed by atoms with van der Waals surface area (Å²) in [5, 5.41) is 3.56. The van der Waals surface area contributed by atoms with Crippen LogP contribution in [-0.2, 0) is 0 Å². The van der Waals surface area contributed by atoms with Crippen molar-refractivity contribution in [3.05, 3.63) is 35.9 Å². The smallest absolute Gasteiger partial charge is 0.0320 e. The second-order valence-corrected chi connectivity index (χ2v) is 5.67. The Labute approximate surface area is 104 Å². The second-order valence-electron chi connectivity index (χ2n) is 5.67. The molecule has 0 spiro atoms. The highest BCUT2D eigenvalue weighted by Crippen LogP contribution is 2.30. The Hall–Kier alpha value is -0.860. The molecule has 0 amide bonds. The highest BCUT2D eigenvalue weighted by Gasteiger charge is 2.32. The van der Waals surface area contributed by atoms with Crippen LogP contribution in [0.15, 0.2) is 30.3 Å². The maximum absolute atomic E-state index is 3.56. The first-order chi connectivity index (χ1) is 8.33. The van der Waals surface area contributed by atoms with Crippen molar-refractivity contribution in [2.24, 2.45) is 11.8 Å². The SMILES string of the molecule is CC(c1ccccc1)N1CC2CNCC(C2)C1. The molecule has 2 bridgehead atoms. The standard InChI is InChI=1S/C15H22N2/c1-12(15-5-3-2-4-6-15)17-10-13-7-14(11-17)9-16-8-13/h2-6,12-14,16H,7-11H2,1H3. The maximum Gasteiger partial charge on any atom is 0.0320 e. The number of nitrogens with one attached hydrogen (secondary N) is 1. The topological polar surface area (TPSA) is 15.3 Å². The minimum Gasteiger partial charge on any atom is -0.316 e. The summed E-state index contributed by atoms with van der Waals surface area (Å²) in [6, 6.07) is 11.5. The van der Waals surface area contributed by atoms with Crippen molar-refractivity contribution < 1.29 is 0 Å². The number of benzene rings is 1. The molecule has 3 atom stereocenters. The van der Waals surface area contributed by atoms with E-state index in [2.05, 4.69) is 47.5 Å². The van der Waals surface area contributed by atoms with Crippen molar-refractivity contribution in [2.75, 3.05) is 26.2 Å². The first kappa shape index (κ1) is 11.2. The van der Waals surface area contributed by atoms with E-state index in [1.54, 1.807) is 0 Å². The molecule has 2 fully saturated rings. The average Bonchev–Trinajstić information content (AvgIpc) is 2.38. The van der Waals surface area contributed by atoms with Crippen LogP contribution < -0.4 is 5.32 Å². The van der Waals surface area contributed by atoms with E-state index in [1.807, 2.05) is 0 Å². The minimum atomic E-state index is 0.569. The molecule has 0 aliphatic carbocycles. The van der Waals surface area contributed by atoms with Crippen LogP contribution in [0.1, 0.15) is 24.9 Å². The Morgan fingerprint density at radius 3 is 2.41 bits per heavy atom. The van der Waals surface area contributed by atoms with E-state index in [-0.39, 0.29) is 0 Å². The molecule has 2 heteroatoms. The number of hydrogen-bond acceptors (Lipinski definition) is 2. The highest BCUT2D eigenvalue weighted by molar-refractivity contribution is 5.18. The fourth-order valence-corrected chi connectivity index (χ4v) is 3.40. The van der Waals surface area contributed by atoms with Gasteiger partial charge in [0.05, 0.1) is 0 Å². The molecule has 0 radical (unpaired) electrons. The Kier molecular flexibility index (Phi) is 3.17. The summed E-state index contributed by atoms with van der Waals surface area (Å²) >= 11 is 0. The first-order valence-electron chi connectivity index (χ1n) is 6.82. The summed E-state index contributed by atoms with van der Waals surface area (Å²) in [6.07, 6.45) is 1.44. The molecule has 1 N–H and O–H groups in total. The second kappa shape index (κ2) is 4.79. The fraction of sp³-hybridized carbons (Fsp3) is 0.600. The third-order valence-corrected chi connectivity index (χ3v) is 4.35. The van der Waals surface area contributed by atoms with Gasteiger partial charge in [0.1, 0.15) is 0 Å². The van der Waals surface area contributed by atoms with Crippen molar-refractivity contribution in [1.29, 1.82) is 0 Å². The minimum absolute atomic E-state index is 0.569. The zero-order valence-electron chi connectivity index (χ0n) is 10.6. The lowest BCUT2D eigenvalue weighted by atomic mass is 9.84. The van der Waals surface area contributed by atoms with E-state index in [1.165, 1.54) is 38.2 Å². The third kappa shape index (κ3) is 2.38. The van der Waals surface area contributed by atoms with Crippen LogP contribution in [0.2, 0.25) is 0 Å². The molecule has 1 aromatic rings. The van der Waals surface area contributed by atoms with Gasteiger partial charge in [0.2, 0.25) is 0 Å². The van der Waals surface area contributed by atoms with Gasteiger partial charge in [-0.1, -0.05) is 30.3 Å². The zero-order chi connectivity index (χ0) is 11.7. The van der Waals surface area contributed by atoms with Gasteiger partial charge >= 0.3 is 0 Å². The predicted molar refractivity (Wildman–Crippen MR) is 70.9 cm³/mol. The lowest BCUT2D eigenvalue weighted by Crippen LogP contribution is -2.51. The predicted octanol–water partition coefficient (Wildman–Crippen LogP) is 2.29. The number of likely N-dealkylation sites (tertiary alicyclic amines) is 1. The Morgan fingerprint density at radius 2 is 1.76 bits per heavy atom. The van der Waals surface area contributed by atoms with Crippen LogP contribution >= 0.6 is 0 Å². The molecule has 2 saturated heterocycles. The molecule has 2 heterocycles. The zero-order valence-corrected chi connectivity index (χ0v) is 10.6. The monoisotopic (exact) mass is 230 g/mol. The molecular weight excluding hydrogens is 208 g/mol. The number of nitrogens with zero attached hydrogens (tertiary/aromatic N) is 1. The van der Waals surface area contributed by atoms with E-state index >= 15 is 0 Å². The number of hydrogen-bond donors (Lipinski definition) is 1. The van der Waals surface area contributed by atoms with Gasteiger partial charge < -0.3 is 5.32 Å². The molecule has 0 aromatic heterocycles. The quantitative estimate of drug-likeness (QED) is 0.838. The van der Waals surface area contributed by atoms with Gasteiger partial charge in [-0.25, -0.2) is 0 Å². The third-order valence-electron chi connectivity index (χ3n) is 4.35. The average molecular weight is 230 g/mol. The van der Waals surface area contributed by atoms with E-state index in [4.69, 9.17) is 0 Å². The first-order valence-corrected chi connectivity index (χ1v) is 6.82. The molecule has 3 rings (SSSR count). The van der Waals surface area contributed by atoms with Crippen LogP contribution in [0.3, 0.4) is 0 Å². The summed E-state index contributed by atoms with van der Waals surface area (Å²) in [5.74, 6) is 1.74. The van der Waals surface area contributed by atoms with Crippen LogP contribution in [-0.4, -0.2) is 31.1 Å². The Bertz CT molecular complexity index is 350. The molecule has 0 saturated carbocycles. The molecule has 17 heavy (non-hydrogen) atoms. The lowest BCUT2D eigenvalue weighted by molar-refractivity contribution is 0.0679. The van der Waals surface area contributed by atoms with Crippen molar-refractivity contribution >= 4 is 0 Å². The summed E-state index contributed by atoms with van der Waals surface area (Å²) in [4.78, 5) is 2.68. The van der Waals surface area contributed by atoms with Crippen molar-refractivity contribution in [3.8, 4) is 0 Å². The highest BCUT2D eigenvalue weighted by atomic mass is 15.2. The Morgan fingerprint density at radius 1 is 1.12 bits per heavy atom. The van der Waals surface area contributed by atoms with E-state index in [0.717, 1.165) is 11.8 Å². The van der Waals surface area contributed by atoms with Crippen LogP contribution in [0.5, 0.6) is 0 Å². The maximum atomic E-state index is 3.56. The normalized spacial score (nSPS) is 31.1. The number of piperidine rings is 2. The van der Waals surface area contributed by atoms with E-state index in [9.17, 15) is 0 Å². The van der Waals surface area contributed by atoms with Crippen molar-refractivity contribution in [1.82, 2.24) is 10.2 Å². The molecule has 3 unspecified atom stereocenters. The van der Waals surface area contributed by atoms with Gasteiger partial charge in [0, 0.05) is 19.1 Å². The van der Waals surface area contributed by atoms with Gasteiger partial charge in [0.15, 0.2) is 0 Å². The summed E-state index contributed by atoms with van der Waals surface area (Å²) < 4.78 is 0. The van der Waals surface area contributed by atoms with Gasteiger partial charge in [0.25, 0.3) is 0 Å². The number of fused-ring (bicyclic) bond motifs is 2. The van der Waals surface area contributed by atoms with E-state index in [0.29, 0.717) is 6.04 Å². The largest absolute Gasteiger partial charge is 0.316 e. The molecule has 2 aliphatic rings. The van der Waals surface area contributed by atoms with Crippen molar-refractivity contribution in [2.45, 2.75) is 19.4 Å². The molecule has 1 aromatic carbocycles. The summed E-state index contributed by atoms with van der Waals surface area (Å²) in [6.45, 7) is 7.31. The van der Waals surface area contributed by atoms with E-state index < -0.39 is 0 Å². The molecular formula is C15H22N2. The Balaban J connectivity index is 1.72. The van der Waals surface area contributed by atoms with Gasteiger partial charge in [-0.2, -0.15) is 0 Å². The van der Waals surface area contributed by atoms with Crippen LogP contribution in [0, 0.1) is 11.8 Å². The van der Waals surface area contributed by atoms with Gasteiger partial charge in [-0.3, -0.25) is 4.90 Å². The lowest BCUT2D eigenvalue weighted by Gasteiger charge is -2.44. The van der Waals surface area contributed by atoms with Crippen molar-refractivity contribution in [3.63, 3.8) is 0 Å². The number of rotatable bonds is 2. The van der Waals surface area contributed by atoms with Crippen LogP contribution in [0.25, 0.3) is 0 Å². The van der Waals surface area contributed by atoms with Gasteiger partial charge in [-0.15, -0.1) is 0 Å². The fourth-order valence-electron chi connectivity index (χ4n) is 3.40. The van der Waals surface area contributed by atoms with Crippen LogP contribution in [0.4, 0.5) is 0 Å². The molecule has 2 aliphatic heterocycles. The molecule has 92 valence electrons.